The minimum atomic E-state index is -1.41. The Bertz CT molecular complexity index is 944. The molecule has 0 amide bonds. The molecular formula is C23H21ClF2N2OS2. The van der Waals surface area contributed by atoms with Gasteiger partial charge in [-0.05, 0) is 59.7 Å². The van der Waals surface area contributed by atoms with Crippen molar-refractivity contribution in [2.75, 3.05) is 23.6 Å². The van der Waals surface area contributed by atoms with E-state index in [1.165, 1.54) is 24.3 Å². The van der Waals surface area contributed by atoms with E-state index in [1.807, 2.05) is 4.31 Å². The van der Waals surface area contributed by atoms with Crippen LogP contribution >= 0.6 is 23.4 Å². The molecule has 0 bridgehead atoms. The highest BCUT2D eigenvalue weighted by atomic mass is 35.5. The number of anilines is 1. The standard InChI is InChI=1S/C23H21ClF2N2OS2/c24-18-5-11-21(12-6-18)27-31(29)28-13-14-30-22(15-28)23(16-1-7-19(25)8-2-16)17-3-9-20(26)10-4-17/h1-12,22-23,27H,13-15H2. The summed E-state index contributed by atoms with van der Waals surface area (Å²) in [6.45, 7) is 1.24. The summed E-state index contributed by atoms with van der Waals surface area (Å²) in [6, 6.07) is 19.9. The maximum absolute atomic E-state index is 13.5. The van der Waals surface area contributed by atoms with E-state index in [0.717, 1.165) is 22.6 Å². The number of hydrogen-bond donors (Lipinski definition) is 1. The first-order valence-corrected chi connectivity index (χ1v) is 12.3. The van der Waals surface area contributed by atoms with Crippen molar-refractivity contribution in [2.45, 2.75) is 11.2 Å². The van der Waals surface area contributed by atoms with Crippen LogP contribution in [0.4, 0.5) is 14.5 Å². The van der Waals surface area contributed by atoms with Crippen LogP contribution < -0.4 is 4.72 Å². The molecular weight excluding hydrogens is 458 g/mol. The van der Waals surface area contributed by atoms with Gasteiger partial charge in [0.1, 0.15) is 11.6 Å². The van der Waals surface area contributed by atoms with Crippen molar-refractivity contribution in [2.24, 2.45) is 0 Å². The zero-order valence-electron chi connectivity index (χ0n) is 16.5. The van der Waals surface area contributed by atoms with E-state index in [-0.39, 0.29) is 22.8 Å². The molecule has 2 unspecified atom stereocenters. The highest BCUT2D eigenvalue weighted by Crippen LogP contribution is 2.38. The van der Waals surface area contributed by atoms with Gasteiger partial charge in [0.2, 0.25) is 0 Å². The van der Waals surface area contributed by atoms with E-state index < -0.39 is 11.5 Å². The highest BCUT2D eigenvalue weighted by molar-refractivity contribution is 8.00. The molecule has 0 aromatic heterocycles. The van der Waals surface area contributed by atoms with Gasteiger partial charge in [-0.3, -0.25) is 0 Å². The molecule has 1 aliphatic heterocycles. The molecule has 1 heterocycles. The molecule has 3 aromatic carbocycles. The first-order valence-electron chi connectivity index (χ1n) is 9.81. The second-order valence-corrected chi connectivity index (χ2v) is 10.2. The predicted molar refractivity (Wildman–Crippen MR) is 126 cm³/mol. The van der Waals surface area contributed by atoms with Crippen LogP contribution in [0.15, 0.2) is 72.8 Å². The van der Waals surface area contributed by atoms with Crippen molar-refractivity contribution in [3.63, 3.8) is 0 Å². The number of hydrogen-bond acceptors (Lipinski definition) is 4. The Morgan fingerprint density at radius 2 is 1.48 bits per heavy atom. The summed E-state index contributed by atoms with van der Waals surface area (Å²) in [7, 11) is 0. The van der Waals surface area contributed by atoms with Gasteiger partial charge < -0.3 is 4.55 Å². The molecule has 3 nitrogen and oxygen atoms in total. The maximum atomic E-state index is 13.5. The Labute approximate surface area is 193 Å². The lowest BCUT2D eigenvalue weighted by atomic mass is 9.88. The van der Waals surface area contributed by atoms with Gasteiger partial charge >= 0.3 is 0 Å². The quantitative estimate of drug-likeness (QED) is 0.450. The topological polar surface area (TPSA) is 38.3 Å². The fraction of sp³-hybridized carbons (Fsp3) is 0.217. The van der Waals surface area contributed by atoms with Crippen molar-refractivity contribution in [3.05, 3.63) is 101 Å². The summed E-state index contributed by atoms with van der Waals surface area (Å²) in [4.78, 5) is 0. The van der Waals surface area contributed by atoms with Crippen LogP contribution in [-0.2, 0) is 11.5 Å². The van der Waals surface area contributed by atoms with Crippen molar-refractivity contribution in [1.29, 1.82) is 0 Å². The minimum absolute atomic E-state index is 0.0700. The molecule has 0 radical (unpaired) electrons. The van der Waals surface area contributed by atoms with Gasteiger partial charge in [-0.2, -0.15) is 16.5 Å². The SMILES string of the molecule is [O-][S+](Nc1ccc(Cl)cc1)N1CCSC(C(c2ccc(F)cc2)c2ccc(F)cc2)C1. The fourth-order valence-corrected chi connectivity index (χ4v) is 6.42. The lowest BCUT2D eigenvalue weighted by Gasteiger charge is -2.36. The third kappa shape index (κ3) is 5.73. The molecule has 31 heavy (non-hydrogen) atoms. The van der Waals surface area contributed by atoms with Crippen molar-refractivity contribution < 1.29 is 13.3 Å². The zero-order valence-corrected chi connectivity index (χ0v) is 18.9. The summed E-state index contributed by atoms with van der Waals surface area (Å²) in [5, 5.41) is 0.688. The van der Waals surface area contributed by atoms with Crippen LogP contribution in [0.25, 0.3) is 0 Å². The van der Waals surface area contributed by atoms with E-state index in [4.69, 9.17) is 11.6 Å². The lowest BCUT2D eigenvalue weighted by molar-refractivity contribution is 0.412. The van der Waals surface area contributed by atoms with E-state index >= 15 is 0 Å². The molecule has 8 heteroatoms. The highest BCUT2D eigenvalue weighted by Gasteiger charge is 2.35. The number of thioether (sulfide) groups is 1. The number of benzene rings is 3. The van der Waals surface area contributed by atoms with E-state index in [9.17, 15) is 13.3 Å². The van der Waals surface area contributed by atoms with E-state index in [2.05, 4.69) is 4.72 Å². The lowest BCUT2D eigenvalue weighted by Crippen LogP contribution is -2.46. The first-order chi connectivity index (χ1) is 15.0. The van der Waals surface area contributed by atoms with Gasteiger partial charge in [0, 0.05) is 21.9 Å². The zero-order chi connectivity index (χ0) is 21.8. The number of rotatable bonds is 6. The summed E-state index contributed by atoms with van der Waals surface area (Å²) >= 11 is 6.30. The molecule has 0 saturated carbocycles. The van der Waals surface area contributed by atoms with Gasteiger partial charge in [-0.1, -0.05) is 35.9 Å². The summed E-state index contributed by atoms with van der Waals surface area (Å²) in [5.41, 5.74) is 2.62. The normalized spacial score (nSPS) is 18.2. The molecule has 1 N–H and O–H groups in total. The summed E-state index contributed by atoms with van der Waals surface area (Å²) < 4.78 is 44.9. The van der Waals surface area contributed by atoms with Crippen molar-refractivity contribution >= 4 is 40.6 Å². The van der Waals surface area contributed by atoms with Gasteiger partial charge in [0.15, 0.2) is 11.5 Å². The van der Waals surface area contributed by atoms with E-state index in [1.54, 1.807) is 60.3 Å². The summed E-state index contributed by atoms with van der Waals surface area (Å²) in [6.07, 6.45) is 0. The Hall–Kier alpha value is -1.77. The molecule has 1 aliphatic rings. The van der Waals surface area contributed by atoms with Crippen LogP contribution in [0.3, 0.4) is 0 Å². The molecule has 3 aromatic rings. The largest absolute Gasteiger partial charge is 0.573 e. The number of nitrogens with one attached hydrogen (secondary N) is 1. The molecule has 1 fully saturated rings. The second-order valence-electron chi connectivity index (χ2n) is 7.24. The number of halogens is 3. The third-order valence-electron chi connectivity index (χ3n) is 5.17. The molecule has 2 atom stereocenters. The smallest absolute Gasteiger partial charge is 0.166 e. The van der Waals surface area contributed by atoms with Crippen LogP contribution in [0, 0.1) is 11.6 Å². The van der Waals surface area contributed by atoms with E-state index in [0.29, 0.717) is 18.1 Å². The Balaban J connectivity index is 1.55. The van der Waals surface area contributed by atoms with Crippen molar-refractivity contribution in [3.8, 4) is 0 Å². The molecule has 162 valence electrons. The Kier molecular flexibility index (Phi) is 7.40. The third-order valence-corrected chi connectivity index (χ3v) is 7.90. The van der Waals surface area contributed by atoms with Gasteiger partial charge in [-0.15, -0.1) is 4.31 Å². The molecule has 1 saturated heterocycles. The van der Waals surface area contributed by atoms with Crippen LogP contribution in [0.2, 0.25) is 5.02 Å². The van der Waals surface area contributed by atoms with Crippen molar-refractivity contribution in [1.82, 2.24) is 4.31 Å². The average molecular weight is 479 g/mol. The second kappa shape index (κ2) is 10.2. The first kappa shape index (κ1) is 22.4. The molecule has 4 rings (SSSR count). The minimum Gasteiger partial charge on any atom is -0.573 e. The average Bonchev–Trinajstić information content (AvgIpc) is 2.78. The molecule has 0 aliphatic carbocycles. The summed E-state index contributed by atoms with van der Waals surface area (Å²) in [5.74, 6) is 0.125. The van der Waals surface area contributed by atoms with Gasteiger partial charge in [0.25, 0.3) is 0 Å². The van der Waals surface area contributed by atoms with Crippen LogP contribution in [-0.4, -0.2) is 33.0 Å². The monoisotopic (exact) mass is 478 g/mol. The van der Waals surface area contributed by atoms with Crippen LogP contribution in [0.5, 0.6) is 0 Å². The Morgan fingerprint density at radius 1 is 0.935 bits per heavy atom. The Morgan fingerprint density at radius 3 is 2.03 bits per heavy atom. The van der Waals surface area contributed by atoms with Crippen LogP contribution in [0.1, 0.15) is 17.0 Å². The maximum Gasteiger partial charge on any atom is 0.166 e. The molecule has 0 spiro atoms. The fourth-order valence-electron chi connectivity index (χ4n) is 3.65. The number of nitrogens with zero attached hydrogens (tertiary/aromatic N) is 1. The van der Waals surface area contributed by atoms with Gasteiger partial charge in [0.05, 0.1) is 18.8 Å². The predicted octanol–water partition coefficient (Wildman–Crippen LogP) is 5.86. The van der Waals surface area contributed by atoms with Gasteiger partial charge in [-0.25, -0.2) is 8.78 Å².